The van der Waals surface area contributed by atoms with Gasteiger partial charge >= 0.3 is 5.97 Å². The predicted molar refractivity (Wildman–Crippen MR) is 107 cm³/mol. The predicted octanol–water partition coefficient (Wildman–Crippen LogP) is 3.88. The fraction of sp³-hybridized carbons (Fsp3) is 0.682. The van der Waals surface area contributed by atoms with Crippen LogP contribution in [0.25, 0.3) is 0 Å². The third kappa shape index (κ3) is 4.22. The molecule has 0 spiro atoms. The zero-order valence-electron chi connectivity index (χ0n) is 17.7. The topological polar surface area (TPSA) is 66.0 Å². The minimum absolute atomic E-state index is 0.00452. The van der Waals surface area contributed by atoms with Crippen molar-refractivity contribution >= 4 is 5.97 Å². The summed E-state index contributed by atoms with van der Waals surface area (Å²) in [6.07, 6.45) is 3.19. The molecule has 0 saturated carbocycles. The third-order valence-corrected chi connectivity index (χ3v) is 5.83. The van der Waals surface area contributed by atoms with E-state index in [9.17, 15) is 4.79 Å². The van der Waals surface area contributed by atoms with Gasteiger partial charge < -0.3 is 24.3 Å². The van der Waals surface area contributed by atoms with Gasteiger partial charge in [-0.25, -0.2) is 0 Å². The Bertz CT molecular complexity index is 702. The highest BCUT2D eigenvalue weighted by atomic mass is 16.7. The molecule has 0 amide bonds. The average Bonchev–Trinajstić information content (AvgIpc) is 3.27. The van der Waals surface area contributed by atoms with E-state index >= 15 is 0 Å². The fourth-order valence-corrected chi connectivity index (χ4v) is 4.64. The maximum absolute atomic E-state index is 12.9. The number of nitrogens with one attached hydrogen (secondary N) is 1. The van der Waals surface area contributed by atoms with Crippen LogP contribution in [0.5, 0.6) is 17.2 Å². The summed E-state index contributed by atoms with van der Waals surface area (Å²) in [4.78, 5) is 12.9. The van der Waals surface area contributed by atoms with Crippen molar-refractivity contribution in [1.29, 1.82) is 0 Å². The highest BCUT2D eigenvalue weighted by molar-refractivity contribution is 5.75. The normalized spacial score (nSPS) is 23.7. The molecule has 2 aliphatic rings. The molecule has 28 heavy (non-hydrogen) atoms. The summed E-state index contributed by atoms with van der Waals surface area (Å²) in [5.41, 5.74) is 1.18. The van der Waals surface area contributed by atoms with Crippen LogP contribution in [0.3, 0.4) is 0 Å². The molecule has 2 aliphatic heterocycles. The number of rotatable bonds is 8. The maximum atomic E-state index is 12.9. The summed E-state index contributed by atoms with van der Waals surface area (Å²) in [5.74, 6) is 1.58. The molecule has 6 heteroatoms. The molecule has 1 fully saturated rings. The Balaban J connectivity index is 1.90. The Morgan fingerprint density at radius 1 is 1.29 bits per heavy atom. The smallest absolute Gasteiger partial charge is 0.311 e. The first-order valence-electron chi connectivity index (χ1n) is 10.3. The number of hydrogen-bond acceptors (Lipinski definition) is 6. The molecule has 6 nitrogen and oxygen atoms in total. The summed E-state index contributed by atoms with van der Waals surface area (Å²) in [6.45, 7) is 9.90. The van der Waals surface area contributed by atoms with Gasteiger partial charge in [0.25, 0.3) is 0 Å². The quantitative estimate of drug-likeness (QED) is 0.679. The second kappa shape index (κ2) is 8.60. The van der Waals surface area contributed by atoms with Crippen LogP contribution in [0.2, 0.25) is 0 Å². The summed E-state index contributed by atoms with van der Waals surface area (Å²) in [5, 5.41) is 3.60. The molecule has 3 atom stereocenters. The second-order valence-electron chi connectivity index (χ2n) is 8.47. The zero-order valence-corrected chi connectivity index (χ0v) is 17.7. The molecule has 1 aromatic carbocycles. The first-order valence-corrected chi connectivity index (χ1v) is 10.3. The van der Waals surface area contributed by atoms with E-state index in [1.807, 2.05) is 19.1 Å². The van der Waals surface area contributed by atoms with E-state index in [2.05, 4.69) is 26.1 Å². The van der Waals surface area contributed by atoms with E-state index in [0.29, 0.717) is 23.9 Å². The Morgan fingerprint density at radius 3 is 2.75 bits per heavy atom. The van der Waals surface area contributed by atoms with E-state index in [1.54, 1.807) is 7.11 Å². The van der Waals surface area contributed by atoms with E-state index < -0.39 is 0 Å². The number of carbonyl (C=O) groups is 1. The van der Waals surface area contributed by atoms with Gasteiger partial charge in [-0.2, -0.15) is 0 Å². The number of carbonyl (C=O) groups excluding carboxylic acids is 1. The van der Waals surface area contributed by atoms with E-state index in [4.69, 9.17) is 18.9 Å². The van der Waals surface area contributed by atoms with Gasteiger partial charge in [0.1, 0.15) is 0 Å². The first-order chi connectivity index (χ1) is 13.4. The average molecular weight is 392 g/mol. The lowest BCUT2D eigenvalue weighted by Crippen LogP contribution is -2.37. The Hall–Kier alpha value is -1.95. The molecule has 0 unspecified atom stereocenters. The van der Waals surface area contributed by atoms with Crippen molar-refractivity contribution in [1.82, 2.24) is 5.32 Å². The monoisotopic (exact) mass is 391 g/mol. The van der Waals surface area contributed by atoms with Crippen LogP contribution >= 0.6 is 0 Å². The summed E-state index contributed by atoms with van der Waals surface area (Å²) >= 11 is 0. The standard InChI is InChI=1S/C22H33NO5/c1-6-8-22(3,4)11-16-19(21(24)26-7-2)15(12-23-16)14-9-17(25-5)20-18(10-14)27-13-28-20/h9-10,15-16,19,23H,6-8,11-13H2,1-5H3/t15-,16+,19-/m1/s1. The Morgan fingerprint density at radius 2 is 2.07 bits per heavy atom. The molecule has 0 bridgehead atoms. The zero-order chi connectivity index (χ0) is 20.3. The van der Waals surface area contributed by atoms with Gasteiger partial charge in [0.2, 0.25) is 12.5 Å². The molecular weight excluding hydrogens is 358 g/mol. The molecule has 1 N–H and O–H groups in total. The molecule has 0 aliphatic carbocycles. The number of benzene rings is 1. The summed E-state index contributed by atoms with van der Waals surface area (Å²) < 4.78 is 22.1. The Kier molecular flexibility index (Phi) is 6.38. The molecular formula is C22H33NO5. The van der Waals surface area contributed by atoms with Gasteiger partial charge in [-0.05, 0) is 42.9 Å². The minimum Gasteiger partial charge on any atom is -0.493 e. The third-order valence-electron chi connectivity index (χ3n) is 5.83. The number of ether oxygens (including phenoxy) is 4. The largest absolute Gasteiger partial charge is 0.493 e. The van der Waals surface area contributed by atoms with Crippen molar-refractivity contribution in [3.8, 4) is 17.2 Å². The first kappa shape index (κ1) is 20.8. The van der Waals surface area contributed by atoms with Gasteiger partial charge in [0, 0.05) is 18.5 Å². The van der Waals surface area contributed by atoms with Crippen molar-refractivity contribution in [3.05, 3.63) is 17.7 Å². The number of hydrogen-bond donors (Lipinski definition) is 1. The lowest BCUT2D eigenvalue weighted by atomic mass is 9.76. The minimum atomic E-state index is -0.235. The Labute approximate surface area is 167 Å². The lowest BCUT2D eigenvalue weighted by molar-refractivity contribution is -0.149. The van der Waals surface area contributed by atoms with Crippen LogP contribution in [0, 0.1) is 11.3 Å². The SMILES string of the molecule is CCCC(C)(C)C[C@@H]1NC[C@H](c2cc(OC)c3c(c2)OCO3)[C@H]1C(=O)OCC. The maximum Gasteiger partial charge on any atom is 0.311 e. The van der Waals surface area contributed by atoms with Crippen LogP contribution in [-0.2, 0) is 9.53 Å². The number of esters is 1. The lowest BCUT2D eigenvalue weighted by Gasteiger charge is -2.31. The summed E-state index contributed by atoms with van der Waals surface area (Å²) in [7, 11) is 1.62. The molecule has 156 valence electrons. The van der Waals surface area contributed by atoms with Gasteiger partial charge in [-0.1, -0.05) is 27.2 Å². The molecule has 2 heterocycles. The van der Waals surface area contributed by atoms with Crippen LogP contribution < -0.4 is 19.5 Å². The molecule has 1 aromatic rings. The van der Waals surface area contributed by atoms with E-state index in [1.165, 1.54) is 0 Å². The van der Waals surface area contributed by atoms with Crippen molar-refractivity contribution in [3.63, 3.8) is 0 Å². The van der Waals surface area contributed by atoms with E-state index in [-0.39, 0.29) is 36.1 Å². The molecule has 0 radical (unpaired) electrons. The van der Waals surface area contributed by atoms with Crippen LogP contribution in [0.4, 0.5) is 0 Å². The fourth-order valence-electron chi connectivity index (χ4n) is 4.64. The highest BCUT2D eigenvalue weighted by Gasteiger charge is 2.45. The molecule has 0 aromatic heterocycles. The second-order valence-corrected chi connectivity index (χ2v) is 8.47. The van der Waals surface area contributed by atoms with Crippen molar-refractivity contribution in [2.45, 2.75) is 58.9 Å². The number of fused-ring (bicyclic) bond motifs is 1. The molecule has 1 saturated heterocycles. The van der Waals surface area contributed by atoms with E-state index in [0.717, 1.165) is 31.4 Å². The van der Waals surface area contributed by atoms with Crippen molar-refractivity contribution in [2.24, 2.45) is 11.3 Å². The van der Waals surface area contributed by atoms with Gasteiger partial charge in [-0.3, -0.25) is 4.79 Å². The molecule has 3 rings (SSSR count). The van der Waals surface area contributed by atoms with Crippen LogP contribution in [0.1, 0.15) is 58.4 Å². The van der Waals surface area contributed by atoms with Crippen molar-refractivity contribution < 1.29 is 23.7 Å². The van der Waals surface area contributed by atoms with Crippen LogP contribution in [-0.4, -0.2) is 39.1 Å². The van der Waals surface area contributed by atoms with Crippen molar-refractivity contribution in [2.75, 3.05) is 27.1 Å². The van der Waals surface area contributed by atoms with Gasteiger partial charge in [-0.15, -0.1) is 0 Å². The van der Waals surface area contributed by atoms with Gasteiger partial charge in [0.05, 0.1) is 19.6 Å². The highest BCUT2D eigenvalue weighted by Crippen LogP contribution is 2.46. The number of methoxy groups -OCH3 is 1. The van der Waals surface area contributed by atoms with Crippen LogP contribution in [0.15, 0.2) is 12.1 Å². The van der Waals surface area contributed by atoms with Gasteiger partial charge in [0.15, 0.2) is 11.5 Å². The summed E-state index contributed by atoms with van der Waals surface area (Å²) in [6, 6.07) is 4.02.